The Morgan fingerprint density at radius 2 is 1.24 bits per heavy atom. The normalized spacial score (nSPS) is 20.1. The lowest BCUT2D eigenvalue weighted by molar-refractivity contribution is -0.669. The van der Waals surface area contributed by atoms with Crippen molar-refractivity contribution in [1.82, 2.24) is 0 Å². The summed E-state index contributed by atoms with van der Waals surface area (Å²) >= 11 is 7.66. The predicted octanol–water partition coefficient (Wildman–Crippen LogP) is 16.8. The number of aryl methyl sites for hydroxylation is 6. The van der Waals surface area contributed by atoms with Crippen molar-refractivity contribution < 1.29 is 9.13 Å². The number of aromatic nitrogens is 2. The van der Waals surface area contributed by atoms with E-state index in [1.54, 1.807) is 0 Å². The lowest BCUT2D eigenvalue weighted by Gasteiger charge is -2.31. The number of hydrogen-bond donors (Lipinski definition) is 0. The van der Waals surface area contributed by atoms with E-state index in [1.807, 2.05) is 46.2 Å². The van der Waals surface area contributed by atoms with Gasteiger partial charge in [-0.2, -0.15) is 9.13 Å². The Labute approximate surface area is 423 Å². The van der Waals surface area contributed by atoms with Crippen LogP contribution in [0, 0.1) is 39.0 Å². The molecule has 0 fully saturated rings. The molecule has 4 aromatic carbocycles. The van der Waals surface area contributed by atoms with Crippen LogP contribution in [0.15, 0.2) is 139 Å². The highest BCUT2D eigenvalue weighted by atomic mass is 32.2. The number of thioether (sulfide) groups is 2. The van der Waals surface area contributed by atoms with Gasteiger partial charge in [0.1, 0.15) is 16.4 Å². The summed E-state index contributed by atoms with van der Waals surface area (Å²) in [5.41, 5.74) is 16.7. The molecule has 0 amide bonds. The maximum atomic E-state index is 2.57. The molecule has 0 radical (unpaired) electrons. The molecule has 0 N–H and O–H groups in total. The van der Waals surface area contributed by atoms with Gasteiger partial charge >= 0.3 is 0 Å². The highest BCUT2D eigenvalue weighted by molar-refractivity contribution is 8.04. The Hall–Kier alpha value is -4.60. The molecule has 68 heavy (non-hydrogen) atoms. The van der Waals surface area contributed by atoms with Gasteiger partial charge in [-0.15, -0.1) is 0 Å². The van der Waals surface area contributed by atoms with Crippen LogP contribution in [0.25, 0.3) is 32.6 Å². The van der Waals surface area contributed by atoms with Gasteiger partial charge in [-0.1, -0.05) is 117 Å². The van der Waals surface area contributed by atoms with Crippen LogP contribution in [0.3, 0.4) is 0 Å². The van der Waals surface area contributed by atoms with Crippen LogP contribution < -0.4 is 18.9 Å². The number of unbranched alkanes of at least 4 members (excludes halogenated alkanes) is 2. The zero-order valence-electron chi connectivity index (χ0n) is 42.3. The van der Waals surface area contributed by atoms with Crippen molar-refractivity contribution in [3.8, 4) is 0 Å². The summed E-state index contributed by atoms with van der Waals surface area (Å²) < 4.78 is 7.66. The summed E-state index contributed by atoms with van der Waals surface area (Å²) in [5, 5.41) is 5.39. The van der Waals surface area contributed by atoms with Crippen molar-refractivity contribution in [3.05, 3.63) is 162 Å². The molecule has 6 aromatic rings. The first-order valence-corrected chi connectivity index (χ1v) is 28.1. The van der Waals surface area contributed by atoms with Gasteiger partial charge in [0.15, 0.2) is 6.54 Å². The monoisotopic (exact) mass is 974 g/mol. The molecular formula is C60H70N4S4+2. The predicted molar refractivity (Wildman–Crippen MR) is 299 cm³/mol. The number of hydrogen-bond acceptors (Lipinski definition) is 6. The first kappa shape index (κ1) is 48.4. The summed E-state index contributed by atoms with van der Waals surface area (Å²) in [6.07, 6.45) is 22.9. The third kappa shape index (κ3) is 10.7. The van der Waals surface area contributed by atoms with E-state index in [9.17, 15) is 0 Å². The van der Waals surface area contributed by atoms with Crippen molar-refractivity contribution in [2.24, 2.45) is 18.4 Å². The van der Waals surface area contributed by atoms with Gasteiger partial charge in [-0.3, -0.25) is 0 Å². The van der Waals surface area contributed by atoms with Gasteiger partial charge in [0.2, 0.25) is 11.0 Å². The maximum Gasteiger partial charge on any atom is 0.263 e. The van der Waals surface area contributed by atoms with Crippen LogP contribution in [0.5, 0.6) is 0 Å². The first-order valence-electron chi connectivity index (χ1n) is 24.8. The smallest absolute Gasteiger partial charge is 0.263 e. The molecule has 8 heteroatoms. The average Bonchev–Trinajstić information content (AvgIpc) is 3.98. The van der Waals surface area contributed by atoms with Crippen molar-refractivity contribution in [1.29, 1.82) is 0 Å². The molecule has 1 unspecified atom stereocenters. The van der Waals surface area contributed by atoms with Crippen molar-refractivity contribution in [2.45, 2.75) is 124 Å². The minimum absolute atomic E-state index is 0.247. The van der Waals surface area contributed by atoms with Crippen molar-refractivity contribution >= 4 is 90.2 Å². The van der Waals surface area contributed by atoms with Crippen LogP contribution in [0.2, 0.25) is 0 Å². The van der Waals surface area contributed by atoms with Crippen LogP contribution >= 0.6 is 46.2 Å². The van der Waals surface area contributed by atoms with Crippen LogP contribution in [0.4, 0.5) is 11.4 Å². The van der Waals surface area contributed by atoms with E-state index >= 15 is 0 Å². The molecule has 0 saturated heterocycles. The molecular weight excluding hydrogens is 905 g/mol. The standard InChI is InChI=1S/C33H41N2S2.C27H29N2S2/c1-7-9-10-15-35-28-14-12-24(4)17-30(28)37-32(35)20-26-18-25(21-33(5,6)22-26)19-31-34(8-2)27-13-11-23(3)16-29(27)36-31;1-17-6-8-22-24(12-17)30-26(28(22)4)15-20-10-19(3)11-21(14-20)16-27-29(5)23-9-7-18(2)13-25(23)31-27/h11-14,16-20H,7-10,15,21-22H2,1-6H3;6-9,12-16,19H,10-11H2,1-5H3/q2*+1. The second-order valence-corrected chi connectivity index (χ2v) is 24.8. The summed E-state index contributed by atoms with van der Waals surface area (Å²) in [6, 6.07) is 27.3. The topological polar surface area (TPSA) is 14.2 Å². The summed E-state index contributed by atoms with van der Waals surface area (Å²) in [6.45, 7) is 22.6. The van der Waals surface area contributed by atoms with Gasteiger partial charge in [0.05, 0.1) is 21.4 Å². The van der Waals surface area contributed by atoms with E-state index in [-0.39, 0.29) is 5.41 Å². The Morgan fingerprint density at radius 3 is 1.96 bits per heavy atom. The van der Waals surface area contributed by atoms with Crippen LogP contribution in [-0.2, 0) is 13.6 Å². The molecule has 0 bridgehead atoms. The van der Waals surface area contributed by atoms with E-state index < -0.39 is 0 Å². The SMILES string of the molecule is CCCCC[n+]1c(C=C2C=C(C=C3Sc4cc(C)ccc4N3CC)CC(C)(C)C2)sc2cc(C)ccc21.Cc1ccc2c(c1)S/C(=C\C1=CC(=C/c3sc4cc(C)ccc4[n+]3C)/CC(C)C1)N2C. The third-order valence-electron chi connectivity index (χ3n) is 13.6. The highest BCUT2D eigenvalue weighted by Gasteiger charge is 2.30. The third-order valence-corrected chi connectivity index (χ3v) is 18.1. The van der Waals surface area contributed by atoms with Gasteiger partial charge in [-0.05, 0) is 171 Å². The van der Waals surface area contributed by atoms with E-state index in [0.717, 1.165) is 38.8 Å². The Kier molecular flexibility index (Phi) is 14.5. The van der Waals surface area contributed by atoms with Gasteiger partial charge in [-0.25, -0.2) is 0 Å². The molecule has 0 saturated carbocycles. The number of benzene rings is 4. The van der Waals surface area contributed by atoms with E-state index in [0.29, 0.717) is 5.92 Å². The molecule has 0 spiro atoms. The molecule has 10 rings (SSSR count). The Morgan fingerprint density at radius 1 is 0.647 bits per heavy atom. The van der Waals surface area contributed by atoms with Gasteiger partial charge in [0.25, 0.3) is 10.0 Å². The average molecular weight is 976 g/mol. The fourth-order valence-electron chi connectivity index (χ4n) is 10.3. The zero-order valence-corrected chi connectivity index (χ0v) is 45.5. The minimum atomic E-state index is 0.247. The summed E-state index contributed by atoms with van der Waals surface area (Å²) in [4.78, 5) is 7.55. The molecule has 4 nitrogen and oxygen atoms in total. The molecule has 352 valence electrons. The van der Waals surface area contributed by atoms with Gasteiger partial charge in [0, 0.05) is 54.1 Å². The Bertz CT molecular complexity index is 3090. The number of anilines is 2. The first-order chi connectivity index (χ1) is 32.6. The molecule has 2 aliphatic heterocycles. The van der Waals surface area contributed by atoms with E-state index in [4.69, 9.17) is 0 Å². The fourth-order valence-corrected chi connectivity index (χ4v) is 15.3. The second-order valence-electron chi connectivity index (χ2n) is 20.6. The minimum Gasteiger partial charge on any atom is -0.338 e. The van der Waals surface area contributed by atoms with Crippen molar-refractivity contribution in [2.75, 3.05) is 23.4 Å². The van der Waals surface area contributed by atoms with E-state index in [2.05, 4.69) is 205 Å². The van der Waals surface area contributed by atoms with E-state index in [1.165, 1.54) is 125 Å². The number of rotatable bonds is 9. The van der Waals surface area contributed by atoms with Crippen molar-refractivity contribution in [3.63, 3.8) is 0 Å². The summed E-state index contributed by atoms with van der Waals surface area (Å²) in [7, 11) is 4.37. The number of nitrogens with zero attached hydrogens (tertiary/aromatic N) is 4. The Balaban J connectivity index is 0.000000172. The largest absolute Gasteiger partial charge is 0.338 e. The lowest BCUT2D eigenvalue weighted by Crippen LogP contribution is -2.35. The molecule has 2 aliphatic carbocycles. The van der Waals surface area contributed by atoms with Crippen LogP contribution in [-0.4, -0.2) is 13.6 Å². The number of thiazole rings is 2. The van der Waals surface area contributed by atoms with Gasteiger partial charge < -0.3 is 9.80 Å². The molecule has 4 aliphatic rings. The quantitative estimate of drug-likeness (QED) is 0.106. The fraction of sp³-hybridized carbons (Fsp3) is 0.367. The highest BCUT2D eigenvalue weighted by Crippen LogP contribution is 2.49. The van der Waals surface area contributed by atoms with Crippen LogP contribution in [0.1, 0.15) is 112 Å². The number of fused-ring (bicyclic) bond motifs is 4. The number of allylic oxidation sites excluding steroid dienone is 8. The molecule has 1 atom stereocenters. The zero-order chi connectivity index (χ0) is 47.9. The molecule has 2 aromatic heterocycles. The molecule has 4 heterocycles. The second kappa shape index (κ2) is 20.4. The maximum absolute atomic E-state index is 2.57. The lowest BCUT2D eigenvalue weighted by atomic mass is 9.75. The summed E-state index contributed by atoms with van der Waals surface area (Å²) in [5.74, 6) is 0.659.